The van der Waals surface area contributed by atoms with Crippen LogP contribution in [0.2, 0.25) is 0 Å². The number of hydrogen-bond acceptors (Lipinski definition) is 4. The van der Waals surface area contributed by atoms with E-state index in [9.17, 15) is 0 Å². The lowest BCUT2D eigenvalue weighted by Crippen LogP contribution is -1.96. The van der Waals surface area contributed by atoms with E-state index in [-0.39, 0.29) is 0 Å². The second kappa shape index (κ2) is 6.98. The number of para-hydroxylation sites is 1. The molecule has 1 aromatic heterocycles. The summed E-state index contributed by atoms with van der Waals surface area (Å²) in [4.78, 5) is 0. The van der Waals surface area contributed by atoms with Gasteiger partial charge in [0.25, 0.3) is 0 Å². The van der Waals surface area contributed by atoms with Gasteiger partial charge in [0.15, 0.2) is 5.16 Å². The number of aromatic nitrogens is 3. The lowest BCUT2D eigenvalue weighted by molar-refractivity contribution is 0.411. The van der Waals surface area contributed by atoms with Crippen molar-refractivity contribution in [2.75, 3.05) is 7.11 Å². The van der Waals surface area contributed by atoms with Crippen molar-refractivity contribution in [1.82, 2.24) is 14.8 Å². The van der Waals surface area contributed by atoms with Crippen molar-refractivity contribution >= 4 is 27.7 Å². The smallest absolute Gasteiger partial charge is 0.195 e. The second-order valence-electron chi connectivity index (χ2n) is 4.56. The highest BCUT2D eigenvalue weighted by Crippen LogP contribution is 2.30. The summed E-state index contributed by atoms with van der Waals surface area (Å²) in [6.07, 6.45) is 1.73. The summed E-state index contributed by atoms with van der Waals surface area (Å²) < 4.78 is 8.42. The third kappa shape index (κ3) is 3.34. The van der Waals surface area contributed by atoms with Gasteiger partial charge in [-0.2, -0.15) is 0 Å². The van der Waals surface area contributed by atoms with Crippen molar-refractivity contribution in [3.63, 3.8) is 0 Å². The number of rotatable bonds is 5. The van der Waals surface area contributed by atoms with Crippen molar-refractivity contribution in [3.8, 4) is 11.4 Å². The normalized spacial score (nSPS) is 10.6. The zero-order valence-corrected chi connectivity index (χ0v) is 14.3. The molecule has 0 aliphatic heterocycles. The highest BCUT2D eigenvalue weighted by molar-refractivity contribution is 9.10. The SMILES string of the molecule is COc1ccc(Br)cc1CSc1nncn1-c1ccccc1. The molecule has 0 aliphatic carbocycles. The minimum atomic E-state index is 0.758. The van der Waals surface area contributed by atoms with Gasteiger partial charge >= 0.3 is 0 Å². The van der Waals surface area contributed by atoms with E-state index < -0.39 is 0 Å². The van der Waals surface area contributed by atoms with Gasteiger partial charge in [0.1, 0.15) is 12.1 Å². The number of benzene rings is 2. The van der Waals surface area contributed by atoms with Gasteiger partial charge in [0.2, 0.25) is 0 Å². The van der Waals surface area contributed by atoms with Gasteiger partial charge in [-0.3, -0.25) is 4.57 Å². The molecular weight excluding hydrogens is 362 g/mol. The van der Waals surface area contributed by atoms with Crippen molar-refractivity contribution in [1.29, 1.82) is 0 Å². The summed E-state index contributed by atoms with van der Waals surface area (Å²) in [6, 6.07) is 16.1. The van der Waals surface area contributed by atoms with E-state index in [1.54, 1.807) is 25.2 Å². The maximum absolute atomic E-state index is 5.41. The Balaban J connectivity index is 1.81. The highest BCUT2D eigenvalue weighted by Gasteiger charge is 2.10. The molecule has 0 amide bonds. The van der Waals surface area contributed by atoms with Gasteiger partial charge in [-0.1, -0.05) is 45.9 Å². The fraction of sp³-hybridized carbons (Fsp3) is 0.125. The summed E-state index contributed by atoms with van der Waals surface area (Å²) in [7, 11) is 1.68. The zero-order valence-electron chi connectivity index (χ0n) is 11.9. The Morgan fingerprint density at radius 1 is 1.18 bits per heavy atom. The van der Waals surface area contributed by atoms with E-state index in [2.05, 4.69) is 32.2 Å². The molecule has 0 bridgehead atoms. The first-order valence-corrected chi connectivity index (χ1v) is 8.46. The summed E-state index contributed by atoms with van der Waals surface area (Å²) in [5.74, 6) is 1.63. The van der Waals surface area contributed by atoms with Gasteiger partial charge in [-0.25, -0.2) is 0 Å². The third-order valence-electron chi connectivity index (χ3n) is 3.15. The summed E-state index contributed by atoms with van der Waals surface area (Å²) >= 11 is 5.13. The van der Waals surface area contributed by atoms with Crippen LogP contribution < -0.4 is 4.74 Å². The first-order valence-electron chi connectivity index (χ1n) is 6.68. The van der Waals surface area contributed by atoms with Gasteiger partial charge in [-0.05, 0) is 30.3 Å². The Bertz CT molecular complexity index is 761. The molecule has 6 heteroatoms. The molecule has 0 saturated heterocycles. The average Bonchev–Trinajstić information content (AvgIpc) is 3.02. The Hall–Kier alpha value is -1.79. The number of halogens is 1. The average molecular weight is 376 g/mol. The first kappa shape index (κ1) is 15.1. The maximum Gasteiger partial charge on any atom is 0.195 e. The minimum absolute atomic E-state index is 0.758. The van der Waals surface area contributed by atoms with Crippen LogP contribution in [0.25, 0.3) is 5.69 Å². The van der Waals surface area contributed by atoms with Crippen molar-refractivity contribution in [2.45, 2.75) is 10.9 Å². The molecule has 0 spiro atoms. The second-order valence-corrected chi connectivity index (χ2v) is 6.42. The number of thioether (sulfide) groups is 1. The minimum Gasteiger partial charge on any atom is -0.496 e. The summed E-state index contributed by atoms with van der Waals surface area (Å²) in [5.41, 5.74) is 2.17. The van der Waals surface area contributed by atoms with Gasteiger partial charge in [0, 0.05) is 21.5 Å². The van der Waals surface area contributed by atoms with E-state index in [0.29, 0.717) is 0 Å². The molecule has 0 atom stereocenters. The molecule has 0 saturated carbocycles. The Kier molecular flexibility index (Phi) is 4.80. The fourth-order valence-corrected chi connectivity index (χ4v) is 3.41. The molecule has 0 fully saturated rings. The van der Waals surface area contributed by atoms with Crippen LogP contribution >= 0.6 is 27.7 Å². The quantitative estimate of drug-likeness (QED) is 0.622. The fourth-order valence-electron chi connectivity index (χ4n) is 2.09. The predicted octanol–water partition coefficient (Wildman–Crippen LogP) is 4.33. The standard InChI is InChI=1S/C16H14BrN3OS/c1-21-15-8-7-13(17)9-12(15)10-22-16-19-18-11-20(16)14-5-3-2-4-6-14/h2-9,11H,10H2,1H3. The highest BCUT2D eigenvalue weighted by atomic mass is 79.9. The Morgan fingerprint density at radius 2 is 2.00 bits per heavy atom. The number of hydrogen-bond donors (Lipinski definition) is 0. The van der Waals surface area contributed by atoms with Crippen LogP contribution in [0.4, 0.5) is 0 Å². The van der Waals surface area contributed by atoms with E-state index in [4.69, 9.17) is 4.74 Å². The van der Waals surface area contributed by atoms with Gasteiger partial charge < -0.3 is 4.74 Å². The molecule has 2 aromatic carbocycles. The molecule has 3 aromatic rings. The summed E-state index contributed by atoms with van der Waals surface area (Å²) in [6.45, 7) is 0. The third-order valence-corrected chi connectivity index (χ3v) is 4.64. The Morgan fingerprint density at radius 3 is 2.77 bits per heavy atom. The van der Waals surface area contributed by atoms with E-state index in [1.807, 2.05) is 47.0 Å². The topological polar surface area (TPSA) is 39.9 Å². The van der Waals surface area contributed by atoms with Crippen LogP contribution in [0.5, 0.6) is 5.75 Å². The van der Waals surface area contributed by atoms with Crippen LogP contribution in [-0.4, -0.2) is 21.9 Å². The summed E-state index contributed by atoms with van der Waals surface area (Å²) in [5, 5.41) is 9.09. The largest absolute Gasteiger partial charge is 0.496 e. The van der Waals surface area contributed by atoms with Crippen LogP contribution in [0.3, 0.4) is 0 Å². The van der Waals surface area contributed by atoms with Crippen molar-refractivity contribution in [2.24, 2.45) is 0 Å². The molecule has 22 heavy (non-hydrogen) atoms. The number of nitrogens with zero attached hydrogens (tertiary/aromatic N) is 3. The molecule has 4 nitrogen and oxygen atoms in total. The van der Waals surface area contributed by atoms with Crippen molar-refractivity contribution < 1.29 is 4.74 Å². The molecule has 0 radical (unpaired) electrons. The van der Waals surface area contributed by atoms with Gasteiger partial charge in [-0.15, -0.1) is 10.2 Å². The van der Waals surface area contributed by atoms with E-state index >= 15 is 0 Å². The van der Waals surface area contributed by atoms with E-state index in [0.717, 1.165) is 32.4 Å². The van der Waals surface area contributed by atoms with Crippen LogP contribution in [0.15, 0.2) is 64.5 Å². The predicted molar refractivity (Wildman–Crippen MR) is 91.6 cm³/mol. The van der Waals surface area contributed by atoms with Crippen LogP contribution in [0.1, 0.15) is 5.56 Å². The monoisotopic (exact) mass is 375 g/mol. The zero-order chi connectivity index (χ0) is 15.4. The molecule has 0 unspecified atom stereocenters. The van der Waals surface area contributed by atoms with Crippen molar-refractivity contribution in [3.05, 3.63) is 64.9 Å². The van der Waals surface area contributed by atoms with Crippen LogP contribution in [0, 0.1) is 0 Å². The molecular formula is C16H14BrN3OS. The maximum atomic E-state index is 5.41. The lowest BCUT2D eigenvalue weighted by atomic mass is 10.2. The Labute approximate surface area is 141 Å². The molecule has 112 valence electrons. The van der Waals surface area contributed by atoms with E-state index in [1.165, 1.54) is 0 Å². The van der Waals surface area contributed by atoms with Gasteiger partial charge in [0.05, 0.1) is 7.11 Å². The lowest BCUT2D eigenvalue weighted by Gasteiger charge is -2.09. The number of ether oxygens (including phenoxy) is 1. The van der Waals surface area contributed by atoms with Crippen LogP contribution in [-0.2, 0) is 5.75 Å². The first-order chi connectivity index (χ1) is 10.8. The molecule has 0 N–H and O–H groups in total. The number of methoxy groups -OCH3 is 1. The molecule has 3 rings (SSSR count). The molecule has 1 heterocycles. The molecule has 0 aliphatic rings.